The zero-order valence-corrected chi connectivity index (χ0v) is 14.2. The van der Waals surface area contributed by atoms with Crippen LogP contribution in [0.15, 0.2) is 36.7 Å². The summed E-state index contributed by atoms with van der Waals surface area (Å²) in [6, 6.07) is 6.55. The van der Waals surface area contributed by atoms with E-state index in [2.05, 4.69) is 9.97 Å². The molecule has 7 heteroatoms. The minimum atomic E-state index is -0.496. The molecule has 1 saturated heterocycles. The van der Waals surface area contributed by atoms with E-state index in [0.29, 0.717) is 11.3 Å². The molecule has 4 rings (SSSR count). The third-order valence-electron chi connectivity index (χ3n) is 4.78. The third-order valence-corrected chi connectivity index (χ3v) is 4.78. The van der Waals surface area contributed by atoms with Crippen LogP contribution >= 0.6 is 0 Å². The molecule has 3 heterocycles. The topological polar surface area (TPSA) is 83.5 Å². The van der Waals surface area contributed by atoms with Gasteiger partial charge in [-0.2, -0.15) is 0 Å². The van der Waals surface area contributed by atoms with Crippen molar-refractivity contribution in [2.24, 2.45) is 0 Å². The van der Waals surface area contributed by atoms with E-state index in [0.717, 1.165) is 43.7 Å². The number of rotatable bonds is 2. The summed E-state index contributed by atoms with van der Waals surface area (Å²) in [6.45, 7) is 1.55. The van der Waals surface area contributed by atoms with Gasteiger partial charge in [0.1, 0.15) is 0 Å². The maximum Gasteiger partial charge on any atom is 0.286 e. The Kier molecular flexibility index (Phi) is 4.20. The van der Waals surface area contributed by atoms with Crippen molar-refractivity contribution in [3.63, 3.8) is 0 Å². The van der Waals surface area contributed by atoms with Crippen molar-refractivity contribution >= 4 is 23.4 Å². The lowest BCUT2D eigenvalue weighted by atomic mass is 10.1. The van der Waals surface area contributed by atoms with Crippen LogP contribution in [0.3, 0.4) is 0 Å². The molecule has 2 aliphatic rings. The van der Waals surface area contributed by atoms with Crippen LogP contribution in [0.1, 0.15) is 57.0 Å². The first kappa shape index (κ1) is 16.4. The number of aromatic nitrogens is 2. The molecule has 1 aromatic carbocycles. The molecule has 0 saturated carbocycles. The van der Waals surface area contributed by atoms with Crippen LogP contribution in [0, 0.1) is 0 Å². The predicted molar refractivity (Wildman–Crippen MR) is 94.0 cm³/mol. The first-order valence-corrected chi connectivity index (χ1v) is 8.76. The van der Waals surface area contributed by atoms with E-state index >= 15 is 0 Å². The van der Waals surface area contributed by atoms with Crippen LogP contribution in [-0.4, -0.2) is 45.7 Å². The smallest absolute Gasteiger partial charge is 0.286 e. The van der Waals surface area contributed by atoms with Gasteiger partial charge >= 0.3 is 0 Å². The Balaban J connectivity index is 1.56. The molecule has 1 aromatic heterocycles. The Bertz CT molecular complexity index is 836. The number of hydrogen-bond donors (Lipinski definition) is 0. The Morgan fingerprint density at radius 1 is 0.808 bits per heavy atom. The molecule has 0 unspecified atom stereocenters. The van der Waals surface area contributed by atoms with Gasteiger partial charge in [-0.1, -0.05) is 12.8 Å². The second kappa shape index (κ2) is 6.67. The zero-order valence-electron chi connectivity index (χ0n) is 14.2. The molecule has 0 spiro atoms. The fourth-order valence-corrected chi connectivity index (χ4v) is 3.40. The number of carbonyl (C=O) groups excluding carboxylic acids is 3. The number of amides is 3. The first-order valence-electron chi connectivity index (χ1n) is 8.76. The van der Waals surface area contributed by atoms with Gasteiger partial charge in [-0.25, -0.2) is 14.9 Å². The minimum absolute atomic E-state index is 0.0101. The predicted octanol–water partition coefficient (Wildman–Crippen LogP) is 2.29. The molecule has 7 nitrogen and oxygen atoms in total. The maximum absolute atomic E-state index is 12.7. The lowest BCUT2D eigenvalue weighted by molar-refractivity contribution is 0.0761. The highest BCUT2D eigenvalue weighted by molar-refractivity contribution is 6.33. The second-order valence-electron chi connectivity index (χ2n) is 6.45. The van der Waals surface area contributed by atoms with Gasteiger partial charge in [-0.15, -0.1) is 0 Å². The number of likely N-dealkylation sites (tertiary alicyclic amines) is 1. The van der Waals surface area contributed by atoms with Crippen molar-refractivity contribution in [1.82, 2.24) is 14.9 Å². The maximum atomic E-state index is 12.7. The van der Waals surface area contributed by atoms with Gasteiger partial charge in [0, 0.05) is 31.0 Å². The number of hydrogen-bond acceptors (Lipinski definition) is 5. The summed E-state index contributed by atoms with van der Waals surface area (Å²) < 4.78 is 0. The quantitative estimate of drug-likeness (QED) is 0.776. The lowest BCUT2D eigenvalue weighted by Gasteiger charge is -2.21. The number of imide groups is 1. The Labute approximate surface area is 150 Å². The SMILES string of the molecule is O=C(c1ccc(N2C(=O)c3nccnc3C2=O)cc1)N1CCCCCC1. The number of fused-ring (bicyclic) bond motifs is 1. The number of carbonyl (C=O) groups is 3. The summed E-state index contributed by atoms with van der Waals surface area (Å²) in [6.07, 6.45) is 7.14. The highest BCUT2D eigenvalue weighted by Gasteiger charge is 2.39. The number of anilines is 1. The van der Waals surface area contributed by atoms with Gasteiger partial charge in [0.05, 0.1) is 5.69 Å². The van der Waals surface area contributed by atoms with E-state index in [9.17, 15) is 14.4 Å². The van der Waals surface area contributed by atoms with Gasteiger partial charge in [-0.05, 0) is 37.1 Å². The number of benzene rings is 1. The molecule has 0 N–H and O–H groups in total. The summed E-state index contributed by atoms with van der Waals surface area (Å²) in [7, 11) is 0. The zero-order chi connectivity index (χ0) is 18.1. The fraction of sp³-hybridized carbons (Fsp3) is 0.316. The molecular formula is C19H18N4O3. The molecule has 1 fully saturated rings. The van der Waals surface area contributed by atoms with Crippen molar-refractivity contribution in [3.05, 3.63) is 53.6 Å². The van der Waals surface area contributed by atoms with Crippen LogP contribution < -0.4 is 4.90 Å². The van der Waals surface area contributed by atoms with Crippen LogP contribution in [0.5, 0.6) is 0 Å². The molecular weight excluding hydrogens is 332 g/mol. The molecule has 26 heavy (non-hydrogen) atoms. The molecule has 0 bridgehead atoms. The van der Waals surface area contributed by atoms with Crippen LogP contribution in [0.4, 0.5) is 5.69 Å². The average molecular weight is 350 g/mol. The van der Waals surface area contributed by atoms with E-state index in [1.165, 1.54) is 12.4 Å². The summed E-state index contributed by atoms with van der Waals surface area (Å²) >= 11 is 0. The van der Waals surface area contributed by atoms with Crippen LogP contribution in [-0.2, 0) is 0 Å². The second-order valence-corrected chi connectivity index (χ2v) is 6.45. The normalized spacial score (nSPS) is 17.2. The van der Waals surface area contributed by atoms with Gasteiger partial charge in [-0.3, -0.25) is 14.4 Å². The first-order chi connectivity index (χ1) is 12.7. The Hall–Kier alpha value is -3.09. The molecule has 2 aromatic rings. The molecule has 0 aliphatic carbocycles. The molecule has 0 radical (unpaired) electrons. The van der Waals surface area contributed by atoms with E-state index < -0.39 is 11.8 Å². The van der Waals surface area contributed by atoms with Gasteiger partial charge in [0.2, 0.25) is 0 Å². The van der Waals surface area contributed by atoms with Crippen molar-refractivity contribution in [3.8, 4) is 0 Å². The molecule has 132 valence electrons. The number of nitrogens with zero attached hydrogens (tertiary/aromatic N) is 4. The fourth-order valence-electron chi connectivity index (χ4n) is 3.40. The van der Waals surface area contributed by atoms with Crippen molar-refractivity contribution in [2.45, 2.75) is 25.7 Å². The highest BCUT2D eigenvalue weighted by atomic mass is 16.2. The van der Waals surface area contributed by atoms with Gasteiger partial charge < -0.3 is 4.90 Å². The van der Waals surface area contributed by atoms with Crippen molar-refractivity contribution < 1.29 is 14.4 Å². The Morgan fingerprint density at radius 3 is 1.88 bits per heavy atom. The van der Waals surface area contributed by atoms with E-state index in [4.69, 9.17) is 0 Å². The van der Waals surface area contributed by atoms with E-state index in [-0.39, 0.29) is 17.3 Å². The molecule has 0 atom stereocenters. The molecule has 2 aliphatic heterocycles. The summed E-state index contributed by atoms with van der Waals surface area (Å²) in [5.41, 5.74) is 1.08. The monoisotopic (exact) mass is 350 g/mol. The lowest BCUT2D eigenvalue weighted by Crippen LogP contribution is -2.32. The van der Waals surface area contributed by atoms with E-state index in [1.54, 1.807) is 24.3 Å². The highest BCUT2D eigenvalue weighted by Crippen LogP contribution is 2.26. The average Bonchev–Trinajstić information content (AvgIpc) is 2.87. The molecule has 3 amide bonds. The Morgan fingerprint density at radius 2 is 1.35 bits per heavy atom. The van der Waals surface area contributed by atoms with Crippen LogP contribution in [0.2, 0.25) is 0 Å². The summed E-state index contributed by atoms with van der Waals surface area (Å²) in [5.74, 6) is -1.00. The summed E-state index contributed by atoms with van der Waals surface area (Å²) in [5, 5.41) is 0. The standard InChI is InChI=1S/C19H18N4O3/c24-17(22-11-3-1-2-4-12-22)13-5-7-14(8-6-13)23-18(25)15-16(19(23)26)21-10-9-20-15/h5-10H,1-4,11-12H2. The van der Waals surface area contributed by atoms with Gasteiger partial charge in [0.25, 0.3) is 17.7 Å². The van der Waals surface area contributed by atoms with Crippen molar-refractivity contribution in [1.29, 1.82) is 0 Å². The minimum Gasteiger partial charge on any atom is -0.339 e. The van der Waals surface area contributed by atoms with Crippen molar-refractivity contribution in [2.75, 3.05) is 18.0 Å². The van der Waals surface area contributed by atoms with Gasteiger partial charge in [0.15, 0.2) is 11.4 Å². The third kappa shape index (κ3) is 2.75. The van der Waals surface area contributed by atoms with Crippen LogP contribution in [0.25, 0.3) is 0 Å². The summed E-state index contributed by atoms with van der Waals surface area (Å²) in [4.78, 5) is 48.3. The largest absolute Gasteiger partial charge is 0.339 e. The van der Waals surface area contributed by atoms with E-state index in [1.807, 2.05) is 4.90 Å².